The average Bonchev–Trinajstić information content (AvgIpc) is 2.98. The van der Waals surface area contributed by atoms with Crippen molar-refractivity contribution in [1.29, 1.82) is 0 Å². The van der Waals surface area contributed by atoms with Gasteiger partial charge in [0.05, 0.1) is 13.2 Å². The van der Waals surface area contributed by atoms with Gasteiger partial charge in [-0.25, -0.2) is 9.59 Å². The number of benzene rings is 1. The molecule has 1 aliphatic carbocycles. The van der Waals surface area contributed by atoms with Gasteiger partial charge in [0.1, 0.15) is 5.57 Å². The first kappa shape index (κ1) is 18.0. The molecule has 2 aliphatic heterocycles. The van der Waals surface area contributed by atoms with E-state index in [-0.39, 0.29) is 17.7 Å². The summed E-state index contributed by atoms with van der Waals surface area (Å²) in [5, 5.41) is 0. The molecule has 0 aromatic heterocycles. The smallest absolute Gasteiger partial charge is 0.346 e. The number of likely N-dealkylation sites (tertiary alicyclic amines) is 1. The van der Waals surface area contributed by atoms with Crippen molar-refractivity contribution in [2.75, 3.05) is 13.7 Å². The lowest BCUT2D eigenvalue weighted by Crippen LogP contribution is -2.60. The second-order valence-corrected chi connectivity index (χ2v) is 7.50. The van der Waals surface area contributed by atoms with Gasteiger partial charge < -0.3 is 9.47 Å². The minimum absolute atomic E-state index is 0.0457. The van der Waals surface area contributed by atoms with Crippen molar-refractivity contribution in [3.8, 4) is 0 Å². The third-order valence-corrected chi connectivity index (χ3v) is 6.22. The van der Waals surface area contributed by atoms with Crippen LogP contribution in [0.15, 0.2) is 54.1 Å². The molecular formula is C22H25NO4. The predicted octanol–water partition coefficient (Wildman–Crippen LogP) is 3.33. The van der Waals surface area contributed by atoms with Crippen LogP contribution in [-0.4, -0.2) is 42.1 Å². The van der Waals surface area contributed by atoms with Crippen molar-refractivity contribution >= 4 is 11.9 Å². The van der Waals surface area contributed by atoms with Crippen LogP contribution in [0.1, 0.15) is 43.7 Å². The summed E-state index contributed by atoms with van der Waals surface area (Å²) >= 11 is 0. The number of rotatable bonds is 4. The molecule has 0 radical (unpaired) electrons. The van der Waals surface area contributed by atoms with E-state index in [0.29, 0.717) is 13.0 Å². The average molecular weight is 367 g/mol. The normalized spacial score (nSPS) is 30.3. The lowest BCUT2D eigenvalue weighted by molar-refractivity contribution is -0.162. The van der Waals surface area contributed by atoms with Crippen molar-refractivity contribution in [1.82, 2.24) is 4.90 Å². The molecule has 142 valence electrons. The second kappa shape index (κ2) is 6.97. The summed E-state index contributed by atoms with van der Waals surface area (Å²) in [6.45, 7) is 4.65. The Kier molecular flexibility index (Phi) is 4.64. The summed E-state index contributed by atoms with van der Waals surface area (Å²) in [5.41, 5.74) is 1.42. The maximum atomic E-state index is 12.7. The van der Waals surface area contributed by atoms with E-state index in [1.54, 1.807) is 0 Å². The van der Waals surface area contributed by atoms with Gasteiger partial charge in [-0.05, 0) is 36.8 Å². The van der Waals surface area contributed by atoms with E-state index in [0.717, 1.165) is 31.3 Å². The third kappa shape index (κ3) is 2.72. The van der Waals surface area contributed by atoms with Crippen LogP contribution in [0.4, 0.5) is 0 Å². The minimum Gasteiger partial charge on any atom is -0.465 e. The van der Waals surface area contributed by atoms with Crippen LogP contribution >= 0.6 is 0 Å². The zero-order valence-corrected chi connectivity index (χ0v) is 15.6. The molecule has 5 heteroatoms. The van der Waals surface area contributed by atoms with Gasteiger partial charge in [-0.2, -0.15) is 0 Å². The molecule has 5 nitrogen and oxygen atoms in total. The first-order chi connectivity index (χ1) is 13.1. The summed E-state index contributed by atoms with van der Waals surface area (Å²) in [7, 11) is 1.31. The Bertz CT molecular complexity index is 800. The highest BCUT2D eigenvalue weighted by molar-refractivity contribution is 6.16. The molecule has 0 N–H and O–H groups in total. The lowest BCUT2D eigenvalue weighted by Gasteiger charge is -2.54. The fourth-order valence-electron chi connectivity index (χ4n) is 5.14. The van der Waals surface area contributed by atoms with E-state index in [1.165, 1.54) is 12.7 Å². The SMILES string of the molecule is C=CCN1[C@@H](c2ccccc2)CC2=C(C(=O)OC)C(=O)O[C@@]23CCCC[C@@H]13. The number of esters is 2. The zero-order valence-electron chi connectivity index (χ0n) is 15.6. The van der Waals surface area contributed by atoms with E-state index >= 15 is 0 Å². The number of methoxy groups -OCH3 is 1. The maximum absolute atomic E-state index is 12.7. The van der Waals surface area contributed by atoms with Crippen LogP contribution in [-0.2, 0) is 19.1 Å². The predicted molar refractivity (Wildman–Crippen MR) is 101 cm³/mol. The van der Waals surface area contributed by atoms with Crippen molar-refractivity contribution in [2.24, 2.45) is 0 Å². The largest absolute Gasteiger partial charge is 0.465 e. The van der Waals surface area contributed by atoms with Gasteiger partial charge in [-0.1, -0.05) is 42.8 Å². The highest BCUT2D eigenvalue weighted by Gasteiger charge is 2.60. The molecular weight excluding hydrogens is 342 g/mol. The Balaban J connectivity index is 1.87. The molecule has 1 aromatic carbocycles. The monoisotopic (exact) mass is 367 g/mol. The van der Waals surface area contributed by atoms with Crippen LogP contribution in [0.2, 0.25) is 0 Å². The van der Waals surface area contributed by atoms with Crippen LogP contribution in [0, 0.1) is 0 Å². The molecule has 0 unspecified atom stereocenters. The summed E-state index contributed by atoms with van der Waals surface area (Å²) < 4.78 is 10.9. The standard InChI is InChI=1S/C22H25NO4/c1-3-13-23-17(15-9-5-4-6-10-15)14-16-19(20(24)26-2)21(25)27-22(16)12-8-7-11-18(22)23/h3-6,9-10,17-18H,1,7-8,11-14H2,2H3/t17-,18-,22+/m1/s1. The Labute approximate surface area is 159 Å². The van der Waals surface area contributed by atoms with Crippen LogP contribution in [0.5, 0.6) is 0 Å². The van der Waals surface area contributed by atoms with Crippen molar-refractivity contribution in [3.63, 3.8) is 0 Å². The van der Waals surface area contributed by atoms with Crippen molar-refractivity contribution < 1.29 is 19.1 Å². The number of ether oxygens (including phenoxy) is 2. The molecule has 4 rings (SSSR count). The van der Waals surface area contributed by atoms with Crippen LogP contribution < -0.4 is 0 Å². The molecule has 0 amide bonds. The number of piperidine rings is 1. The Morgan fingerprint density at radius 1 is 1.37 bits per heavy atom. The van der Waals surface area contributed by atoms with Crippen molar-refractivity contribution in [3.05, 3.63) is 59.7 Å². The van der Waals surface area contributed by atoms with Gasteiger partial charge in [-0.15, -0.1) is 6.58 Å². The topological polar surface area (TPSA) is 55.8 Å². The summed E-state index contributed by atoms with van der Waals surface area (Å²) in [5.74, 6) is -1.11. The van der Waals surface area contributed by atoms with E-state index in [2.05, 4.69) is 23.6 Å². The maximum Gasteiger partial charge on any atom is 0.346 e. The summed E-state index contributed by atoms with van der Waals surface area (Å²) in [6, 6.07) is 10.4. The zero-order chi connectivity index (χ0) is 19.0. The van der Waals surface area contributed by atoms with E-state index < -0.39 is 17.5 Å². The first-order valence-corrected chi connectivity index (χ1v) is 9.59. The number of hydrogen-bond donors (Lipinski definition) is 0. The fraction of sp³-hybridized carbons (Fsp3) is 0.455. The van der Waals surface area contributed by atoms with Gasteiger partial charge >= 0.3 is 11.9 Å². The third-order valence-electron chi connectivity index (χ3n) is 6.22. The van der Waals surface area contributed by atoms with Gasteiger partial charge in [0.15, 0.2) is 5.60 Å². The molecule has 1 saturated carbocycles. The Morgan fingerprint density at radius 2 is 2.15 bits per heavy atom. The molecule has 1 aromatic rings. The molecule has 1 spiro atoms. The van der Waals surface area contributed by atoms with Crippen LogP contribution in [0.25, 0.3) is 0 Å². The molecule has 0 bridgehead atoms. The summed E-state index contributed by atoms with van der Waals surface area (Å²) in [4.78, 5) is 27.5. The van der Waals surface area contributed by atoms with E-state index in [4.69, 9.17) is 9.47 Å². The lowest BCUT2D eigenvalue weighted by atomic mass is 9.68. The Hall–Kier alpha value is -2.40. The van der Waals surface area contributed by atoms with E-state index in [1.807, 2.05) is 24.3 Å². The highest BCUT2D eigenvalue weighted by Crippen LogP contribution is 2.54. The van der Waals surface area contributed by atoms with Crippen LogP contribution in [0.3, 0.4) is 0 Å². The summed E-state index contributed by atoms with van der Waals surface area (Å²) in [6.07, 6.45) is 6.26. The molecule has 1 saturated heterocycles. The molecule has 2 fully saturated rings. The molecule has 3 atom stereocenters. The fourth-order valence-corrected chi connectivity index (χ4v) is 5.14. The number of carbonyl (C=O) groups is 2. The number of nitrogens with zero attached hydrogens (tertiary/aromatic N) is 1. The van der Waals surface area contributed by atoms with Gasteiger partial charge in [-0.3, -0.25) is 4.90 Å². The Morgan fingerprint density at radius 3 is 2.85 bits per heavy atom. The van der Waals surface area contributed by atoms with E-state index in [9.17, 15) is 9.59 Å². The number of hydrogen-bond acceptors (Lipinski definition) is 5. The van der Waals surface area contributed by atoms with Crippen molar-refractivity contribution in [2.45, 2.75) is 49.8 Å². The molecule has 3 aliphatic rings. The highest BCUT2D eigenvalue weighted by atomic mass is 16.6. The number of carbonyl (C=O) groups excluding carboxylic acids is 2. The van der Waals surface area contributed by atoms with Gasteiger partial charge in [0.25, 0.3) is 0 Å². The first-order valence-electron chi connectivity index (χ1n) is 9.59. The van der Waals surface area contributed by atoms with Gasteiger partial charge in [0.2, 0.25) is 0 Å². The molecule has 27 heavy (non-hydrogen) atoms. The quantitative estimate of drug-likeness (QED) is 0.464. The molecule has 2 heterocycles. The minimum atomic E-state index is -0.701. The van der Waals surface area contributed by atoms with Gasteiger partial charge in [0, 0.05) is 12.6 Å². The second-order valence-electron chi connectivity index (χ2n) is 7.50.